The normalized spacial score (nSPS) is 8.81. The smallest absolute Gasteiger partial charge is 0.303 e. The van der Waals surface area contributed by atoms with E-state index in [9.17, 15) is 4.79 Å². The van der Waals surface area contributed by atoms with E-state index >= 15 is 0 Å². The highest BCUT2D eigenvalue weighted by molar-refractivity contribution is 7.85. The molecular weight excluding hydrogens is 222 g/mol. The number of hydrogen-bond donors (Lipinski definition) is 2. The molecule has 1 N–H and O–H groups in total. The second kappa shape index (κ2) is 16.7. The topological polar surface area (TPSA) is 61.1 Å². The third kappa shape index (κ3) is 23.3. The average Bonchev–Trinajstić information content (AvgIpc) is 2.23. The molecule has 16 heavy (non-hydrogen) atoms. The molecule has 0 spiro atoms. The summed E-state index contributed by atoms with van der Waals surface area (Å²) in [6.45, 7) is 2.22. The van der Waals surface area contributed by atoms with Crippen LogP contribution in [-0.2, 0) is 4.79 Å². The molecule has 0 aliphatic heterocycles. The van der Waals surface area contributed by atoms with E-state index in [2.05, 4.69) is 19.6 Å². The third-order valence-corrected chi connectivity index (χ3v) is 2.24. The van der Waals surface area contributed by atoms with Crippen molar-refractivity contribution in [2.75, 3.05) is 0 Å². The number of carbonyl (C=O) groups is 1. The fraction of sp³-hybridized carbons (Fsp3) is 0.833. The van der Waals surface area contributed by atoms with Crippen LogP contribution < -0.4 is 0 Å². The van der Waals surface area contributed by atoms with Gasteiger partial charge in [-0.2, -0.15) is 5.26 Å². The summed E-state index contributed by atoms with van der Waals surface area (Å²) in [5, 5.41) is 17.0. The number of carboxylic acid groups (broad SMARTS) is 1. The summed E-state index contributed by atoms with van der Waals surface area (Å²) in [6.07, 6.45) is 10.1. The number of thiol groups is 1. The van der Waals surface area contributed by atoms with Gasteiger partial charge in [-0.1, -0.05) is 64.5 Å². The standard InChI is InChI=1S/C11H22O2.CHNS/c1-2-3-4-5-6-7-8-9-10-11(12)13;2-1-3/h2-10H2,1H3,(H,12,13);3H. The van der Waals surface area contributed by atoms with Crippen molar-refractivity contribution in [3.05, 3.63) is 0 Å². The Morgan fingerprint density at radius 1 is 1.12 bits per heavy atom. The van der Waals surface area contributed by atoms with Gasteiger partial charge in [0.25, 0.3) is 0 Å². The van der Waals surface area contributed by atoms with Crippen molar-refractivity contribution in [1.29, 1.82) is 5.26 Å². The Kier molecular flexibility index (Phi) is 18.5. The van der Waals surface area contributed by atoms with Crippen molar-refractivity contribution in [2.24, 2.45) is 0 Å². The first-order chi connectivity index (χ1) is 7.68. The number of nitrogens with zero attached hydrogens (tertiary/aromatic N) is 1. The van der Waals surface area contributed by atoms with E-state index in [-0.39, 0.29) is 0 Å². The first-order valence-electron chi connectivity index (χ1n) is 5.94. The molecule has 0 heterocycles. The molecule has 0 aromatic carbocycles. The summed E-state index contributed by atoms with van der Waals surface area (Å²) < 4.78 is 0. The van der Waals surface area contributed by atoms with Gasteiger partial charge in [-0.05, 0) is 6.42 Å². The van der Waals surface area contributed by atoms with Crippen LogP contribution in [0.3, 0.4) is 0 Å². The van der Waals surface area contributed by atoms with Gasteiger partial charge in [-0.25, -0.2) is 0 Å². The van der Waals surface area contributed by atoms with Crippen LogP contribution in [0.1, 0.15) is 64.7 Å². The van der Waals surface area contributed by atoms with E-state index in [1.807, 2.05) is 0 Å². The highest BCUT2D eigenvalue weighted by Crippen LogP contribution is 2.09. The minimum absolute atomic E-state index is 0.342. The Bertz CT molecular complexity index is 190. The molecule has 4 heteroatoms. The van der Waals surface area contributed by atoms with Gasteiger partial charge in [0.1, 0.15) is 5.40 Å². The van der Waals surface area contributed by atoms with E-state index in [0.717, 1.165) is 12.8 Å². The number of unbranched alkanes of at least 4 members (excludes halogenated alkanes) is 7. The van der Waals surface area contributed by atoms with Crippen LogP contribution in [-0.4, -0.2) is 11.1 Å². The SMILES string of the molecule is CCCCCCCCCCC(=O)O.N#CS. The van der Waals surface area contributed by atoms with Gasteiger partial charge < -0.3 is 5.11 Å². The number of carboxylic acids is 1. The second-order valence-corrected chi connectivity index (χ2v) is 3.92. The average molecular weight is 245 g/mol. The van der Waals surface area contributed by atoms with Crippen molar-refractivity contribution in [3.63, 3.8) is 0 Å². The van der Waals surface area contributed by atoms with Gasteiger partial charge in [0.05, 0.1) is 0 Å². The number of hydrogen-bond acceptors (Lipinski definition) is 3. The third-order valence-electron chi connectivity index (χ3n) is 2.24. The monoisotopic (exact) mass is 245 g/mol. The first kappa shape index (κ1) is 17.7. The van der Waals surface area contributed by atoms with Crippen molar-refractivity contribution >= 4 is 18.6 Å². The van der Waals surface area contributed by atoms with Gasteiger partial charge in [0.15, 0.2) is 0 Å². The van der Waals surface area contributed by atoms with Gasteiger partial charge in [0.2, 0.25) is 0 Å². The lowest BCUT2D eigenvalue weighted by Crippen LogP contribution is -1.93. The molecule has 0 saturated heterocycles. The molecule has 0 unspecified atom stereocenters. The van der Waals surface area contributed by atoms with Crippen molar-refractivity contribution < 1.29 is 9.90 Å². The van der Waals surface area contributed by atoms with Gasteiger partial charge in [-0.15, -0.1) is 0 Å². The lowest BCUT2D eigenvalue weighted by atomic mass is 10.1. The fourth-order valence-electron chi connectivity index (χ4n) is 1.41. The molecule has 0 saturated carbocycles. The highest BCUT2D eigenvalue weighted by atomic mass is 32.1. The number of nitriles is 1. The molecule has 3 nitrogen and oxygen atoms in total. The maximum absolute atomic E-state index is 10.2. The summed E-state index contributed by atoms with van der Waals surface area (Å²) >= 11 is 3.09. The number of aliphatic carboxylic acids is 1. The summed E-state index contributed by atoms with van der Waals surface area (Å²) in [5.41, 5.74) is 0. The Labute approximate surface area is 104 Å². The minimum atomic E-state index is -0.661. The van der Waals surface area contributed by atoms with E-state index in [4.69, 9.17) is 10.4 Å². The number of rotatable bonds is 9. The molecule has 0 radical (unpaired) electrons. The second-order valence-electron chi connectivity index (χ2n) is 3.72. The lowest BCUT2D eigenvalue weighted by molar-refractivity contribution is -0.137. The van der Waals surface area contributed by atoms with Crippen LogP contribution in [0.2, 0.25) is 0 Å². The molecule has 0 atom stereocenters. The molecule has 0 aromatic heterocycles. The van der Waals surface area contributed by atoms with Crippen LogP contribution in [0.15, 0.2) is 0 Å². The van der Waals surface area contributed by atoms with Crippen LogP contribution >= 0.6 is 12.6 Å². The molecule has 0 amide bonds. The molecule has 0 bridgehead atoms. The van der Waals surface area contributed by atoms with Crippen molar-refractivity contribution in [3.8, 4) is 5.40 Å². The van der Waals surface area contributed by atoms with Crippen LogP contribution in [0.5, 0.6) is 0 Å². The summed E-state index contributed by atoms with van der Waals surface area (Å²) in [6, 6.07) is 0. The maximum Gasteiger partial charge on any atom is 0.303 e. The zero-order valence-electron chi connectivity index (χ0n) is 10.1. The lowest BCUT2D eigenvalue weighted by Gasteiger charge is -1.99. The molecule has 0 aliphatic rings. The number of thiocyanates is 1. The summed E-state index contributed by atoms with van der Waals surface area (Å²) in [4.78, 5) is 10.2. The van der Waals surface area contributed by atoms with E-state index in [1.165, 1.54) is 43.9 Å². The Hall–Kier alpha value is -0.690. The van der Waals surface area contributed by atoms with Crippen LogP contribution in [0.4, 0.5) is 0 Å². The van der Waals surface area contributed by atoms with Gasteiger partial charge in [-0.3, -0.25) is 4.79 Å². The van der Waals surface area contributed by atoms with E-state index in [1.54, 1.807) is 0 Å². The van der Waals surface area contributed by atoms with Gasteiger partial charge >= 0.3 is 5.97 Å². The Morgan fingerprint density at radius 2 is 1.50 bits per heavy atom. The van der Waals surface area contributed by atoms with E-state index in [0.29, 0.717) is 6.42 Å². The molecule has 0 rings (SSSR count). The van der Waals surface area contributed by atoms with Gasteiger partial charge in [0, 0.05) is 6.42 Å². The molecule has 0 aromatic rings. The van der Waals surface area contributed by atoms with Crippen molar-refractivity contribution in [2.45, 2.75) is 64.7 Å². The Balaban J connectivity index is 0. The van der Waals surface area contributed by atoms with Crippen molar-refractivity contribution in [1.82, 2.24) is 0 Å². The summed E-state index contributed by atoms with van der Waals surface area (Å²) in [5.74, 6) is -0.661. The molecule has 0 fully saturated rings. The zero-order valence-corrected chi connectivity index (χ0v) is 11.0. The molecule has 94 valence electrons. The molecular formula is C12H23NO2S. The zero-order chi connectivity index (χ0) is 12.6. The summed E-state index contributed by atoms with van der Waals surface area (Å²) in [7, 11) is 0. The minimum Gasteiger partial charge on any atom is -0.481 e. The van der Waals surface area contributed by atoms with Crippen LogP contribution in [0, 0.1) is 10.7 Å². The Morgan fingerprint density at radius 3 is 1.88 bits per heavy atom. The quantitative estimate of drug-likeness (QED) is 0.366. The maximum atomic E-state index is 10.2. The molecule has 0 aliphatic carbocycles. The fourth-order valence-corrected chi connectivity index (χ4v) is 1.41. The predicted molar refractivity (Wildman–Crippen MR) is 69.5 cm³/mol. The van der Waals surface area contributed by atoms with Crippen LogP contribution in [0.25, 0.3) is 0 Å². The predicted octanol–water partition coefficient (Wildman–Crippen LogP) is 4.00. The highest BCUT2D eigenvalue weighted by Gasteiger charge is 1.95. The largest absolute Gasteiger partial charge is 0.481 e. The van der Waals surface area contributed by atoms with E-state index < -0.39 is 5.97 Å². The first-order valence-corrected chi connectivity index (χ1v) is 6.38.